The van der Waals surface area contributed by atoms with Gasteiger partial charge in [0.25, 0.3) is 0 Å². The maximum Gasteiger partial charge on any atom is 0.0621 e. The third-order valence-corrected chi connectivity index (χ3v) is 3.97. The number of ether oxygens (including phenoxy) is 1. The second kappa shape index (κ2) is 7.29. The minimum atomic E-state index is 0.391. The highest BCUT2D eigenvalue weighted by Crippen LogP contribution is 2.29. The van der Waals surface area contributed by atoms with Crippen molar-refractivity contribution >= 4 is 27.3 Å². The Hall–Kier alpha value is -0.780. The first-order valence-corrected chi connectivity index (χ1v) is 7.90. The van der Waals surface area contributed by atoms with Gasteiger partial charge in [0.1, 0.15) is 0 Å². The van der Waals surface area contributed by atoms with Crippen LogP contribution in [0.5, 0.6) is 0 Å². The van der Waals surface area contributed by atoms with E-state index in [1.165, 1.54) is 5.69 Å². The van der Waals surface area contributed by atoms with Crippen LogP contribution >= 0.6 is 15.9 Å². The van der Waals surface area contributed by atoms with Gasteiger partial charge >= 0.3 is 0 Å². The summed E-state index contributed by atoms with van der Waals surface area (Å²) < 4.78 is 6.60. The van der Waals surface area contributed by atoms with Crippen molar-refractivity contribution in [2.75, 3.05) is 44.1 Å². The Morgan fingerprint density at radius 3 is 2.95 bits per heavy atom. The number of hydrogen-bond acceptors (Lipinski definition) is 4. The minimum absolute atomic E-state index is 0.391. The summed E-state index contributed by atoms with van der Waals surface area (Å²) >= 11 is 3.54. The fraction of sp³-hybridized carbons (Fsp3) is 0.600. The summed E-state index contributed by atoms with van der Waals surface area (Å²) in [6.45, 7) is 4.81. The van der Waals surface area contributed by atoms with Gasteiger partial charge in [-0.3, -0.25) is 0 Å². The van der Waals surface area contributed by atoms with Gasteiger partial charge in [0.05, 0.1) is 24.6 Å². The van der Waals surface area contributed by atoms with Crippen molar-refractivity contribution in [1.29, 1.82) is 0 Å². The second-order valence-electron chi connectivity index (χ2n) is 5.56. The highest BCUT2D eigenvalue weighted by molar-refractivity contribution is 9.10. The number of benzene rings is 1. The Kier molecular flexibility index (Phi) is 5.69. The SMILES string of the molecule is CC(CC1COCCN1)Nc1cc(Br)ccc1N(C)C. The van der Waals surface area contributed by atoms with Crippen LogP contribution in [0.1, 0.15) is 13.3 Å². The van der Waals surface area contributed by atoms with Crippen LogP contribution in [0.25, 0.3) is 0 Å². The monoisotopic (exact) mass is 341 g/mol. The van der Waals surface area contributed by atoms with Gasteiger partial charge in [0, 0.05) is 37.2 Å². The Balaban J connectivity index is 1.99. The second-order valence-corrected chi connectivity index (χ2v) is 6.48. The fourth-order valence-electron chi connectivity index (χ4n) is 2.54. The maximum absolute atomic E-state index is 5.51. The lowest BCUT2D eigenvalue weighted by Crippen LogP contribution is -2.43. The Morgan fingerprint density at radius 2 is 2.30 bits per heavy atom. The van der Waals surface area contributed by atoms with Gasteiger partial charge in [0.15, 0.2) is 0 Å². The van der Waals surface area contributed by atoms with E-state index in [-0.39, 0.29) is 0 Å². The molecule has 0 amide bonds. The molecule has 0 spiro atoms. The molecule has 20 heavy (non-hydrogen) atoms. The molecule has 1 heterocycles. The molecule has 1 aliphatic heterocycles. The molecule has 1 aromatic rings. The molecular formula is C15H24BrN3O. The molecule has 112 valence electrons. The van der Waals surface area contributed by atoms with E-state index in [1.807, 2.05) is 0 Å². The molecule has 0 saturated carbocycles. The molecule has 2 atom stereocenters. The first-order chi connectivity index (χ1) is 9.56. The van der Waals surface area contributed by atoms with E-state index < -0.39 is 0 Å². The average Bonchev–Trinajstić information content (AvgIpc) is 2.39. The van der Waals surface area contributed by atoms with Gasteiger partial charge in [-0.1, -0.05) is 15.9 Å². The molecule has 5 heteroatoms. The Bertz CT molecular complexity index is 433. The zero-order valence-electron chi connectivity index (χ0n) is 12.4. The largest absolute Gasteiger partial charge is 0.381 e. The zero-order valence-corrected chi connectivity index (χ0v) is 14.0. The summed E-state index contributed by atoms with van der Waals surface area (Å²) in [5.41, 5.74) is 2.36. The van der Waals surface area contributed by atoms with Crippen molar-refractivity contribution in [1.82, 2.24) is 5.32 Å². The molecule has 2 N–H and O–H groups in total. The molecule has 0 bridgehead atoms. The summed E-state index contributed by atoms with van der Waals surface area (Å²) in [5.74, 6) is 0. The number of hydrogen-bond donors (Lipinski definition) is 2. The van der Waals surface area contributed by atoms with E-state index in [0.29, 0.717) is 12.1 Å². The number of nitrogens with zero attached hydrogens (tertiary/aromatic N) is 1. The Labute approximate surface area is 130 Å². The van der Waals surface area contributed by atoms with Crippen LogP contribution in [0.3, 0.4) is 0 Å². The predicted octanol–water partition coefficient (Wildman–Crippen LogP) is 2.69. The lowest BCUT2D eigenvalue weighted by atomic mass is 10.1. The molecule has 1 saturated heterocycles. The fourth-order valence-corrected chi connectivity index (χ4v) is 2.90. The quantitative estimate of drug-likeness (QED) is 0.863. The van der Waals surface area contributed by atoms with Gasteiger partial charge in [-0.2, -0.15) is 0 Å². The summed E-state index contributed by atoms with van der Waals surface area (Å²) in [7, 11) is 4.13. The number of rotatable bonds is 5. The molecule has 1 aromatic carbocycles. The van der Waals surface area contributed by atoms with Crippen molar-refractivity contribution in [2.45, 2.75) is 25.4 Å². The topological polar surface area (TPSA) is 36.5 Å². The molecule has 4 nitrogen and oxygen atoms in total. The van der Waals surface area contributed by atoms with E-state index in [2.05, 4.69) is 70.7 Å². The van der Waals surface area contributed by atoms with Crippen LogP contribution in [0, 0.1) is 0 Å². The lowest BCUT2D eigenvalue weighted by Gasteiger charge is -2.28. The molecule has 1 aliphatic rings. The van der Waals surface area contributed by atoms with E-state index >= 15 is 0 Å². The number of morpholine rings is 1. The molecule has 1 fully saturated rings. The smallest absolute Gasteiger partial charge is 0.0621 e. The van der Waals surface area contributed by atoms with Crippen LogP contribution in [0.4, 0.5) is 11.4 Å². The molecule has 0 aromatic heterocycles. The normalized spacial score (nSPS) is 20.5. The highest BCUT2D eigenvalue weighted by Gasteiger charge is 2.17. The summed E-state index contributed by atoms with van der Waals surface area (Å²) in [6, 6.07) is 7.17. The van der Waals surface area contributed by atoms with E-state index in [4.69, 9.17) is 4.74 Å². The van der Waals surface area contributed by atoms with Gasteiger partial charge in [-0.15, -0.1) is 0 Å². The molecular weight excluding hydrogens is 318 g/mol. The van der Waals surface area contributed by atoms with Gasteiger partial charge in [-0.25, -0.2) is 0 Å². The van der Waals surface area contributed by atoms with Crippen molar-refractivity contribution < 1.29 is 4.74 Å². The summed E-state index contributed by atoms with van der Waals surface area (Å²) in [4.78, 5) is 2.13. The van der Waals surface area contributed by atoms with Gasteiger partial charge in [-0.05, 0) is 31.5 Å². The van der Waals surface area contributed by atoms with Crippen LogP contribution in [0.2, 0.25) is 0 Å². The third-order valence-electron chi connectivity index (χ3n) is 3.48. The van der Waals surface area contributed by atoms with Crippen molar-refractivity contribution in [3.05, 3.63) is 22.7 Å². The molecule has 2 unspecified atom stereocenters. The van der Waals surface area contributed by atoms with Crippen LogP contribution in [-0.4, -0.2) is 45.9 Å². The van der Waals surface area contributed by atoms with E-state index in [1.54, 1.807) is 0 Å². The summed E-state index contributed by atoms with van der Waals surface area (Å²) in [6.07, 6.45) is 1.05. The minimum Gasteiger partial charge on any atom is -0.381 e. The lowest BCUT2D eigenvalue weighted by molar-refractivity contribution is 0.0731. The first kappa shape index (κ1) is 15.6. The predicted molar refractivity (Wildman–Crippen MR) is 88.8 cm³/mol. The zero-order chi connectivity index (χ0) is 14.5. The van der Waals surface area contributed by atoms with Crippen molar-refractivity contribution in [3.63, 3.8) is 0 Å². The molecule has 0 aliphatic carbocycles. The average molecular weight is 342 g/mol. The van der Waals surface area contributed by atoms with Crippen molar-refractivity contribution in [3.8, 4) is 0 Å². The number of anilines is 2. The highest BCUT2D eigenvalue weighted by atomic mass is 79.9. The maximum atomic E-state index is 5.51. The number of nitrogens with one attached hydrogen (secondary N) is 2. The standard InChI is InChI=1S/C15H24BrN3O/c1-11(8-13-10-20-7-6-17-13)18-14-9-12(16)4-5-15(14)19(2)3/h4-5,9,11,13,17-18H,6-8,10H2,1-3H3. The first-order valence-electron chi connectivity index (χ1n) is 7.11. The molecule has 0 radical (unpaired) electrons. The number of halogens is 1. The summed E-state index contributed by atoms with van der Waals surface area (Å²) in [5, 5.41) is 7.11. The van der Waals surface area contributed by atoms with Gasteiger partial charge in [0.2, 0.25) is 0 Å². The molecule has 2 rings (SSSR count). The van der Waals surface area contributed by atoms with Crippen molar-refractivity contribution in [2.24, 2.45) is 0 Å². The van der Waals surface area contributed by atoms with E-state index in [9.17, 15) is 0 Å². The third kappa shape index (κ3) is 4.36. The van der Waals surface area contributed by atoms with E-state index in [0.717, 1.165) is 36.3 Å². The van der Waals surface area contributed by atoms with Crippen LogP contribution < -0.4 is 15.5 Å². The van der Waals surface area contributed by atoms with Crippen LogP contribution in [0.15, 0.2) is 22.7 Å². The Morgan fingerprint density at radius 1 is 1.50 bits per heavy atom. The van der Waals surface area contributed by atoms with Crippen LogP contribution in [-0.2, 0) is 4.74 Å². The van der Waals surface area contributed by atoms with Gasteiger partial charge < -0.3 is 20.3 Å².